The van der Waals surface area contributed by atoms with Gasteiger partial charge in [-0.05, 0) is 49.4 Å². The predicted octanol–water partition coefficient (Wildman–Crippen LogP) is 5.81. The van der Waals surface area contributed by atoms with Gasteiger partial charge in [0.15, 0.2) is 0 Å². The molecule has 5 rings (SSSR count). The molecule has 1 amide bonds. The summed E-state index contributed by atoms with van der Waals surface area (Å²) in [5.41, 5.74) is 1.14. The first-order chi connectivity index (χ1) is 16.8. The molecule has 7 heteroatoms. The fourth-order valence-electron chi connectivity index (χ4n) is 5.45. The van der Waals surface area contributed by atoms with Crippen molar-refractivity contribution in [2.45, 2.75) is 32.0 Å². The maximum atomic E-state index is 13.2. The first-order valence-corrected chi connectivity index (χ1v) is 12.3. The van der Waals surface area contributed by atoms with Crippen LogP contribution in [0.25, 0.3) is 10.8 Å². The normalized spacial score (nSPS) is 20.6. The van der Waals surface area contributed by atoms with Crippen molar-refractivity contribution < 1.29 is 18.0 Å². The maximum Gasteiger partial charge on any atom is 0.416 e. The number of amides is 1. The third kappa shape index (κ3) is 4.68. The van der Waals surface area contributed by atoms with Crippen molar-refractivity contribution in [2.75, 3.05) is 42.5 Å². The number of hydrogen-bond donors (Lipinski definition) is 0. The van der Waals surface area contributed by atoms with E-state index >= 15 is 0 Å². The zero-order valence-electron chi connectivity index (χ0n) is 19.8. The molecule has 1 aliphatic heterocycles. The van der Waals surface area contributed by atoms with Crippen LogP contribution < -0.4 is 9.80 Å². The number of halogens is 3. The van der Waals surface area contributed by atoms with Gasteiger partial charge in [0.2, 0.25) is 5.91 Å². The number of fused-ring (bicyclic) bond motifs is 1. The zero-order chi connectivity index (χ0) is 24.6. The molecule has 2 fully saturated rings. The first kappa shape index (κ1) is 23.5. The van der Waals surface area contributed by atoms with E-state index in [2.05, 4.69) is 48.2 Å². The number of carbonyl (C=O) groups is 1. The van der Waals surface area contributed by atoms with Crippen molar-refractivity contribution in [3.05, 3.63) is 72.3 Å². The second kappa shape index (κ2) is 9.44. The summed E-state index contributed by atoms with van der Waals surface area (Å²) in [4.78, 5) is 19.4. The summed E-state index contributed by atoms with van der Waals surface area (Å²) in [7, 11) is 0. The first-order valence-electron chi connectivity index (χ1n) is 12.3. The van der Waals surface area contributed by atoms with Gasteiger partial charge in [0.25, 0.3) is 0 Å². The molecule has 1 saturated heterocycles. The number of hydrogen-bond acceptors (Lipinski definition) is 3. The van der Waals surface area contributed by atoms with Crippen molar-refractivity contribution in [3.63, 3.8) is 0 Å². The third-order valence-corrected chi connectivity index (χ3v) is 7.45. The van der Waals surface area contributed by atoms with E-state index in [1.54, 1.807) is 6.07 Å². The number of carbonyl (C=O) groups excluding carboxylic acids is 1. The number of alkyl halides is 3. The van der Waals surface area contributed by atoms with Gasteiger partial charge in [0, 0.05) is 61.4 Å². The van der Waals surface area contributed by atoms with E-state index in [9.17, 15) is 18.0 Å². The molecule has 1 heterocycles. The van der Waals surface area contributed by atoms with Crippen molar-refractivity contribution in [2.24, 2.45) is 5.92 Å². The summed E-state index contributed by atoms with van der Waals surface area (Å²) in [6.07, 6.45) is -2.68. The van der Waals surface area contributed by atoms with Crippen LogP contribution in [-0.2, 0) is 11.0 Å². The van der Waals surface area contributed by atoms with Crippen molar-refractivity contribution in [3.8, 4) is 0 Å². The van der Waals surface area contributed by atoms with Crippen LogP contribution in [0.1, 0.15) is 25.3 Å². The van der Waals surface area contributed by atoms with Gasteiger partial charge >= 0.3 is 6.18 Å². The summed E-state index contributed by atoms with van der Waals surface area (Å²) in [6.45, 7) is 5.20. The number of nitrogens with zero attached hydrogens (tertiary/aromatic N) is 3. The van der Waals surface area contributed by atoms with Crippen LogP contribution in [0, 0.1) is 5.92 Å². The van der Waals surface area contributed by atoms with Crippen molar-refractivity contribution in [1.29, 1.82) is 0 Å². The van der Waals surface area contributed by atoms with E-state index in [1.807, 2.05) is 15.9 Å². The summed E-state index contributed by atoms with van der Waals surface area (Å²) >= 11 is 0. The minimum Gasteiger partial charge on any atom is -0.368 e. The van der Waals surface area contributed by atoms with Gasteiger partial charge in [-0.1, -0.05) is 42.5 Å². The Morgan fingerprint density at radius 1 is 0.943 bits per heavy atom. The highest BCUT2D eigenvalue weighted by atomic mass is 19.4. The van der Waals surface area contributed by atoms with Crippen LogP contribution in [-0.4, -0.2) is 49.6 Å². The SMILES string of the molecule is CCN(c1cccc2ccccc12)C1CC(C(=O)N2CCN(c3cccc(C(F)(F)F)c3)CC2)C1. The Morgan fingerprint density at radius 2 is 1.63 bits per heavy atom. The highest BCUT2D eigenvalue weighted by Crippen LogP contribution is 2.38. The molecule has 0 spiro atoms. The average molecular weight is 482 g/mol. The van der Waals surface area contributed by atoms with Crippen LogP contribution >= 0.6 is 0 Å². The number of piperazine rings is 1. The number of rotatable bonds is 5. The Kier molecular flexibility index (Phi) is 6.34. The number of anilines is 2. The van der Waals surface area contributed by atoms with Gasteiger partial charge in [-0.25, -0.2) is 0 Å². The second-order valence-corrected chi connectivity index (χ2v) is 9.47. The highest BCUT2D eigenvalue weighted by Gasteiger charge is 2.40. The fraction of sp³-hybridized carbons (Fsp3) is 0.393. The van der Waals surface area contributed by atoms with Gasteiger partial charge in [-0.15, -0.1) is 0 Å². The molecular weight excluding hydrogens is 451 g/mol. The molecule has 1 saturated carbocycles. The molecule has 1 aliphatic carbocycles. The molecule has 0 N–H and O–H groups in total. The Balaban J connectivity index is 1.18. The quantitative estimate of drug-likeness (QED) is 0.460. The van der Waals surface area contributed by atoms with Crippen LogP contribution in [0.5, 0.6) is 0 Å². The molecule has 4 nitrogen and oxygen atoms in total. The highest BCUT2D eigenvalue weighted by molar-refractivity contribution is 5.94. The summed E-state index contributed by atoms with van der Waals surface area (Å²) in [5.74, 6) is 0.197. The Bertz CT molecular complexity index is 1190. The summed E-state index contributed by atoms with van der Waals surface area (Å²) < 4.78 is 39.2. The summed E-state index contributed by atoms with van der Waals surface area (Å²) in [5, 5.41) is 2.45. The molecular formula is C28H30F3N3O. The van der Waals surface area contributed by atoms with Gasteiger partial charge in [-0.3, -0.25) is 4.79 Å². The molecule has 0 aromatic heterocycles. The van der Waals surface area contributed by atoms with Crippen molar-refractivity contribution >= 4 is 28.1 Å². The van der Waals surface area contributed by atoms with Gasteiger partial charge in [-0.2, -0.15) is 13.2 Å². The fourth-order valence-corrected chi connectivity index (χ4v) is 5.45. The monoisotopic (exact) mass is 481 g/mol. The minimum absolute atomic E-state index is 0.0177. The number of benzene rings is 3. The van der Waals surface area contributed by atoms with E-state index < -0.39 is 11.7 Å². The van der Waals surface area contributed by atoms with Crippen LogP contribution in [0.2, 0.25) is 0 Å². The van der Waals surface area contributed by atoms with Crippen LogP contribution in [0.4, 0.5) is 24.5 Å². The maximum absolute atomic E-state index is 13.2. The largest absolute Gasteiger partial charge is 0.416 e. The minimum atomic E-state index is -4.35. The molecule has 184 valence electrons. The van der Waals surface area contributed by atoms with E-state index in [0.29, 0.717) is 37.9 Å². The van der Waals surface area contributed by atoms with E-state index in [-0.39, 0.29) is 11.8 Å². The van der Waals surface area contributed by atoms with E-state index in [1.165, 1.54) is 28.6 Å². The molecule has 0 atom stereocenters. The third-order valence-electron chi connectivity index (χ3n) is 7.45. The molecule has 2 aliphatic rings. The Hall–Kier alpha value is -3.22. The van der Waals surface area contributed by atoms with Crippen LogP contribution in [0.15, 0.2) is 66.7 Å². The Morgan fingerprint density at radius 3 is 2.34 bits per heavy atom. The lowest BCUT2D eigenvalue weighted by molar-refractivity contribution is -0.139. The summed E-state index contributed by atoms with van der Waals surface area (Å²) in [6, 6.07) is 20.5. The smallest absolute Gasteiger partial charge is 0.368 e. The molecule has 3 aromatic carbocycles. The van der Waals surface area contributed by atoms with E-state index in [0.717, 1.165) is 25.5 Å². The standard InChI is InChI=1S/C28H30F3N3O/c1-2-34(26-12-5-8-20-7-3-4-11-25(20)26)24-17-21(18-24)27(35)33-15-13-32(14-16-33)23-10-6-9-22(19-23)28(29,30)31/h3-12,19,21,24H,2,13-18H2,1H3. The van der Waals surface area contributed by atoms with Crippen LogP contribution in [0.3, 0.4) is 0 Å². The molecule has 0 unspecified atom stereocenters. The molecule has 3 aromatic rings. The second-order valence-electron chi connectivity index (χ2n) is 9.47. The van der Waals surface area contributed by atoms with Gasteiger partial charge in [0.05, 0.1) is 5.56 Å². The zero-order valence-corrected chi connectivity index (χ0v) is 19.8. The average Bonchev–Trinajstić information content (AvgIpc) is 2.85. The lowest BCUT2D eigenvalue weighted by Crippen LogP contribution is -2.55. The Labute approximate surface area is 203 Å². The predicted molar refractivity (Wildman–Crippen MR) is 134 cm³/mol. The molecule has 0 radical (unpaired) electrons. The molecule has 0 bridgehead atoms. The topological polar surface area (TPSA) is 26.8 Å². The van der Waals surface area contributed by atoms with Gasteiger partial charge in [0.1, 0.15) is 0 Å². The van der Waals surface area contributed by atoms with Gasteiger partial charge < -0.3 is 14.7 Å². The van der Waals surface area contributed by atoms with E-state index in [4.69, 9.17) is 0 Å². The molecule has 35 heavy (non-hydrogen) atoms. The lowest BCUT2D eigenvalue weighted by atomic mass is 9.78. The lowest BCUT2D eigenvalue weighted by Gasteiger charge is -2.46. The van der Waals surface area contributed by atoms with Crippen molar-refractivity contribution in [1.82, 2.24) is 4.90 Å².